The van der Waals surface area contributed by atoms with Gasteiger partial charge in [0.15, 0.2) is 5.96 Å². The average Bonchev–Trinajstić information content (AvgIpc) is 3.27. The van der Waals surface area contributed by atoms with Gasteiger partial charge in [0.05, 0.1) is 13.2 Å². The molecule has 1 unspecified atom stereocenters. The van der Waals surface area contributed by atoms with Crippen molar-refractivity contribution in [3.8, 4) is 0 Å². The number of ether oxygens (including phenoxy) is 1. The van der Waals surface area contributed by atoms with Crippen LogP contribution in [0, 0.1) is 5.41 Å². The molecule has 0 aliphatic carbocycles. The zero-order valence-electron chi connectivity index (χ0n) is 15.4. The molecule has 2 aliphatic rings. The Morgan fingerprint density at radius 3 is 2.77 bits per heavy atom. The van der Waals surface area contributed by atoms with Crippen molar-refractivity contribution in [3.05, 3.63) is 35.9 Å². The number of carbonyl (C=O) groups excluding carboxylic acids is 1. The summed E-state index contributed by atoms with van der Waals surface area (Å²) in [6, 6.07) is 10.2. The van der Waals surface area contributed by atoms with E-state index in [0.29, 0.717) is 6.54 Å². The maximum Gasteiger partial charge on any atom is 0.239 e. The molecule has 0 aromatic heterocycles. The van der Waals surface area contributed by atoms with Crippen LogP contribution in [0.1, 0.15) is 18.4 Å². The molecular weight excluding hydrogens is 443 g/mol. The van der Waals surface area contributed by atoms with Gasteiger partial charge in [0, 0.05) is 38.7 Å². The minimum absolute atomic E-state index is 0. The molecule has 0 radical (unpaired) electrons. The van der Waals surface area contributed by atoms with Gasteiger partial charge in [-0.2, -0.15) is 0 Å². The number of rotatable bonds is 5. The van der Waals surface area contributed by atoms with Crippen LogP contribution in [0.25, 0.3) is 0 Å². The Bertz CT molecular complexity index is 603. The van der Waals surface area contributed by atoms with Gasteiger partial charge in [0.1, 0.15) is 0 Å². The first-order valence-corrected chi connectivity index (χ1v) is 9.05. The molecule has 7 heteroatoms. The lowest BCUT2D eigenvalue weighted by molar-refractivity contribution is -0.120. The largest absolute Gasteiger partial charge is 0.381 e. The van der Waals surface area contributed by atoms with Crippen LogP contribution >= 0.6 is 24.0 Å². The quantitative estimate of drug-likeness (QED) is 0.389. The third kappa shape index (κ3) is 5.57. The van der Waals surface area contributed by atoms with Crippen LogP contribution < -0.4 is 10.6 Å². The van der Waals surface area contributed by atoms with Crippen molar-refractivity contribution < 1.29 is 9.53 Å². The van der Waals surface area contributed by atoms with E-state index in [4.69, 9.17) is 4.74 Å². The molecule has 1 amide bonds. The monoisotopic (exact) mass is 472 g/mol. The number of guanidine groups is 1. The molecule has 2 aliphatic heterocycles. The third-order valence-electron chi connectivity index (χ3n) is 5.12. The molecule has 1 spiro atoms. The lowest BCUT2D eigenvalue weighted by atomic mass is 9.87. The summed E-state index contributed by atoms with van der Waals surface area (Å²) >= 11 is 0. The number of aliphatic imine (C=N–C) groups is 1. The summed E-state index contributed by atoms with van der Waals surface area (Å²) in [4.78, 5) is 18.6. The maximum atomic E-state index is 12.1. The van der Waals surface area contributed by atoms with Crippen LogP contribution in [-0.2, 0) is 16.0 Å². The van der Waals surface area contributed by atoms with Gasteiger partial charge >= 0.3 is 0 Å². The van der Waals surface area contributed by atoms with E-state index < -0.39 is 0 Å². The van der Waals surface area contributed by atoms with Gasteiger partial charge in [-0.15, -0.1) is 24.0 Å². The molecule has 0 saturated carbocycles. The van der Waals surface area contributed by atoms with Crippen molar-refractivity contribution in [1.29, 1.82) is 0 Å². The number of likely N-dealkylation sites (tertiary alicyclic amines) is 1. The molecule has 3 rings (SSSR count). The third-order valence-corrected chi connectivity index (χ3v) is 5.12. The molecule has 1 aromatic carbocycles. The molecule has 2 saturated heterocycles. The fourth-order valence-corrected chi connectivity index (χ4v) is 3.63. The van der Waals surface area contributed by atoms with Gasteiger partial charge < -0.3 is 20.3 Å². The number of hydrogen-bond donors (Lipinski definition) is 2. The summed E-state index contributed by atoms with van der Waals surface area (Å²) in [6.45, 7) is 4.54. The Morgan fingerprint density at radius 1 is 1.27 bits per heavy atom. The van der Waals surface area contributed by atoms with Crippen molar-refractivity contribution in [3.63, 3.8) is 0 Å². The fourth-order valence-electron chi connectivity index (χ4n) is 3.63. The van der Waals surface area contributed by atoms with Crippen LogP contribution in [0.3, 0.4) is 0 Å². The molecule has 6 nitrogen and oxygen atoms in total. The summed E-state index contributed by atoms with van der Waals surface area (Å²) in [5.74, 6) is 0.803. The second-order valence-electron chi connectivity index (χ2n) is 6.96. The van der Waals surface area contributed by atoms with Gasteiger partial charge in [-0.05, 0) is 24.8 Å². The molecular formula is C19H29IN4O2. The molecule has 0 bridgehead atoms. The highest BCUT2D eigenvalue weighted by Gasteiger charge is 2.42. The molecule has 1 aromatic rings. The topological polar surface area (TPSA) is 66.0 Å². The SMILES string of the molecule is CN=C(NCC(=O)NCCc1ccccc1)N1CCC2(CCOC2)C1.I. The second-order valence-corrected chi connectivity index (χ2v) is 6.96. The van der Waals surface area contributed by atoms with Crippen LogP contribution in [0.2, 0.25) is 0 Å². The van der Waals surface area contributed by atoms with Crippen molar-refractivity contribution in [2.24, 2.45) is 10.4 Å². The summed E-state index contributed by atoms with van der Waals surface area (Å²) in [5, 5.41) is 6.14. The maximum absolute atomic E-state index is 12.1. The van der Waals surface area contributed by atoms with Crippen LogP contribution in [0.4, 0.5) is 0 Å². The lowest BCUT2D eigenvalue weighted by Gasteiger charge is -2.24. The van der Waals surface area contributed by atoms with E-state index in [0.717, 1.165) is 51.5 Å². The van der Waals surface area contributed by atoms with Gasteiger partial charge in [0.25, 0.3) is 0 Å². The Kier molecular flexibility index (Phi) is 8.15. The number of amides is 1. The minimum atomic E-state index is -0.00445. The Morgan fingerprint density at radius 2 is 2.08 bits per heavy atom. The van der Waals surface area contributed by atoms with E-state index in [-0.39, 0.29) is 41.8 Å². The Hall–Kier alpha value is -1.35. The number of carbonyl (C=O) groups is 1. The first kappa shape index (κ1) is 21.0. The standard InChI is InChI=1S/C19H28N4O2.HI/c1-20-18(23-11-8-19(14-23)9-12-25-15-19)22-13-17(24)21-10-7-16-5-3-2-4-6-16;/h2-6H,7-15H2,1H3,(H,20,22)(H,21,24);1H. The molecule has 1 atom stereocenters. The van der Waals surface area contributed by atoms with E-state index in [1.807, 2.05) is 18.2 Å². The molecule has 2 fully saturated rings. The smallest absolute Gasteiger partial charge is 0.239 e. The fraction of sp³-hybridized carbons (Fsp3) is 0.579. The van der Waals surface area contributed by atoms with E-state index in [1.54, 1.807) is 7.05 Å². The minimum Gasteiger partial charge on any atom is -0.381 e. The molecule has 26 heavy (non-hydrogen) atoms. The normalized spacial score (nSPS) is 22.3. The zero-order valence-corrected chi connectivity index (χ0v) is 17.7. The number of halogens is 1. The van der Waals surface area contributed by atoms with Crippen LogP contribution in [0.5, 0.6) is 0 Å². The highest BCUT2D eigenvalue weighted by molar-refractivity contribution is 14.0. The number of nitrogens with one attached hydrogen (secondary N) is 2. The van der Waals surface area contributed by atoms with E-state index in [9.17, 15) is 4.79 Å². The van der Waals surface area contributed by atoms with E-state index in [1.165, 1.54) is 5.56 Å². The van der Waals surface area contributed by atoms with E-state index in [2.05, 4.69) is 32.7 Å². The van der Waals surface area contributed by atoms with Crippen LogP contribution in [-0.4, -0.2) is 63.2 Å². The van der Waals surface area contributed by atoms with Gasteiger partial charge in [-0.25, -0.2) is 0 Å². The first-order valence-electron chi connectivity index (χ1n) is 9.05. The molecule has 2 N–H and O–H groups in total. The number of nitrogens with zero attached hydrogens (tertiary/aromatic N) is 2. The van der Waals surface area contributed by atoms with Gasteiger partial charge in [-0.1, -0.05) is 30.3 Å². The van der Waals surface area contributed by atoms with Crippen LogP contribution in [0.15, 0.2) is 35.3 Å². The predicted molar refractivity (Wildman–Crippen MR) is 114 cm³/mol. The van der Waals surface area contributed by atoms with Gasteiger partial charge in [-0.3, -0.25) is 9.79 Å². The van der Waals surface area contributed by atoms with Crippen molar-refractivity contribution in [1.82, 2.24) is 15.5 Å². The molecule has 2 heterocycles. The Labute approximate surface area is 172 Å². The first-order chi connectivity index (χ1) is 12.2. The Balaban J connectivity index is 0.00000243. The van der Waals surface area contributed by atoms with Crippen molar-refractivity contribution in [2.75, 3.05) is 46.4 Å². The summed E-state index contributed by atoms with van der Waals surface area (Å²) < 4.78 is 5.57. The van der Waals surface area contributed by atoms with Crippen molar-refractivity contribution in [2.45, 2.75) is 19.3 Å². The number of hydrogen-bond acceptors (Lipinski definition) is 3. The summed E-state index contributed by atoms with van der Waals surface area (Å²) in [7, 11) is 1.77. The van der Waals surface area contributed by atoms with Gasteiger partial charge in [0.2, 0.25) is 5.91 Å². The number of benzene rings is 1. The second kappa shape index (κ2) is 10.1. The van der Waals surface area contributed by atoms with Crippen molar-refractivity contribution >= 4 is 35.8 Å². The highest BCUT2D eigenvalue weighted by atomic mass is 127. The lowest BCUT2D eigenvalue weighted by Crippen LogP contribution is -2.45. The average molecular weight is 472 g/mol. The summed E-state index contributed by atoms with van der Waals surface area (Å²) in [6.07, 6.45) is 3.10. The zero-order chi connectivity index (χ0) is 17.5. The van der Waals surface area contributed by atoms with E-state index >= 15 is 0 Å². The molecule has 144 valence electrons. The highest BCUT2D eigenvalue weighted by Crippen LogP contribution is 2.38. The summed E-state index contributed by atoms with van der Waals surface area (Å²) in [5.41, 5.74) is 1.52. The predicted octanol–water partition coefficient (Wildman–Crippen LogP) is 1.65.